The van der Waals surface area contributed by atoms with Crippen molar-refractivity contribution in [3.05, 3.63) is 22.8 Å². The molecule has 0 heterocycles. The molecule has 1 unspecified atom stereocenters. The predicted molar refractivity (Wildman–Crippen MR) is 62.3 cm³/mol. The summed E-state index contributed by atoms with van der Waals surface area (Å²) in [5.74, 6) is 0. The van der Waals surface area contributed by atoms with E-state index in [1.807, 2.05) is 0 Å². The summed E-state index contributed by atoms with van der Waals surface area (Å²) in [5.41, 5.74) is 5.55. The maximum Gasteiger partial charge on any atom is -0.0107 e. The topological polar surface area (TPSA) is 0 Å². The average Bonchev–Trinajstić information content (AvgIpc) is 2.83. The van der Waals surface area contributed by atoms with Gasteiger partial charge in [-0.25, -0.2) is 0 Å². The van der Waals surface area contributed by atoms with Gasteiger partial charge >= 0.3 is 0 Å². The van der Waals surface area contributed by atoms with E-state index in [4.69, 9.17) is 0 Å². The fourth-order valence-electron chi connectivity index (χ4n) is 2.91. The molecule has 0 N–H and O–H groups in total. The van der Waals surface area contributed by atoms with Crippen molar-refractivity contribution in [1.82, 2.24) is 0 Å². The van der Waals surface area contributed by atoms with E-state index < -0.39 is 0 Å². The van der Waals surface area contributed by atoms with Crippen molar-refractivity contribution in [3.63, 3.8) is 0 Å². The van der Waals surface area contributed by atoms with Crippen LogP contribution in [0.3, 0.4) is 0 Å². The van der Waals surface area contributed by atoms with Crippen LogP contribution in [0.25, 0.3) is 0 Å². The molecule has 2 saturated carbocycles. The van der Waals surface area contributed by atoms with E-state index in [9.17, 15) is 0 Å². The van der Waals surface area contributed by atoms with E-state index in [-0.39, 0.29) is 0 Å². The molecule has 0 radical (unpaired) electrons. The molecular weight excluding hydrogens is 168 g/mol. The maximum atomic E-state index is 2.50. The SMILES string of the molecule is CC(C)=CC1(C)CCCC(=C2CC2)C1. The second-order valence-electron chi connectivity index (χ2n) is 5.61. The van der Waals surface area contributed by atoms with Gasteiger partial charge in [-0.05, 0) is 57.8 Å². The highest BCUT2D eigenvalue weighted by atomic mass is 14.3. The summed E-state index contributed by atoms with van der Waals surface area (Å²) in [6, 6.07) is 0. The minimum absolute atomic E-state index is 0.474. The largest absolute Gasteiger partial charge is 0.0799 e. The number of hydrogen-bond donors (Lipinski definition) is 0. The van der Waals surface area contributed by atoms with Gasteiger partial charge in [-0.2, -0.15) is 0 Å². The third-order valence-electron chi connectivity index (χ3n) is 3.48. The first kappa shape index (κ1) is 10.0. The second-order valence-corrected chi connectivity index (χ2v) is 5.61. The van der Waals surface area contributed by atoms with Crippen LogP contribution in [0.15, 0.2) is 22.8 Å². The zero-order chi connectivity index (χ0) is 10.2. The molecule has 1 atom stereocenters. The molecule has 0 saturated heterocycles. The van der Waals surface area contributed by atoms with Gasteiger partial charge in [-0.15, -0.1) is 0 Å². The van der Waals surface area contributed by atoms with Crippen molar-refractivity contribution in [1.29, 1.82) is 0 Å². The molecule has 0 bridgehead atoms. The van der Waals surface area contributed by atoms with Crippen LogP contribution in [0.5, 0.6) is 0 Å². The molecule has 2 aliphatic carbocycles. The molecule has 14 heavy (non-hydrogen) atoms. The van der Waals surface area contributed by atoms with Gasteiger partial charge in [-0.3, -0.25) is 0 Å². The lowest BCUT2D eigenvalue weighted by molar-refractivity contribution is 0.334. The molecule has 0 aromatic heterocycles. The Kier molecular flexibility index (Phi) is 2.55. The Balaban J connectivity index is 2.13. The van der Waals surface area contributed by atoms with Gasteiger partial charge in [0.25, 0.3) is 0 Å². The molecule has 0 aromatic rings. The Bertz CT molecular complexity index is 283. The Hall–Kier alpha value is -0.520. The first-order valence-corrected chi connectivity index (χ1v) is 5.95. The average molecular weight is 190 g/mol. The van der Waals surface area contributed by atoms with Gasteiger partial charge in [0.1, 0.15) is 0 Å². The van der Waals surface area contributed by atoms with E-state index >= 15 is 0 Å². The lowest BCUT2D eigenvalue weighted by Crippen LogP contribution is -2.19. The number of allylic oxidation sites excluding steroid dienone is 4. The molecule has 0 spiro atoms. The van der Waals surface area contributed by atoms with E-state index in [2.05, 4.69) is 26.8 Å². The van der Waals surface area contributed by atoms with Crippen molar-refractivity contribution in [2.75, 3.05) is 0 Å². The van der Waals surface area contributed by atoms with Gasteiger partial charge in [0.2, 0.25) is 0 Å². The Labute approximate surface area is 88.1 Å². The summed E-state index contributed by atoms with van der Waals surface area (Å²) in [6.45, 7) is 6.88. The third kappa shape index (κ3) is 2.29. The van der Waals surface area contributed by atoms with Crippen LogP contribution in [-0.2, 0) is 0 Å². The molecule has 0 aliphatic heterocycles. The smallest absolute Gasteiger partial charge is 0.0107 e. The van der Waals surface area contributed by atoms with Crippen molar-refractivity contribution >= 4 is 0 Å². The summed E-state index contributed by atoms with van der Waals surface area (Å²) in [5, 5.41) is 0. The van der Waals surface area contributed by atoms with Crippen molar-refractivity contribution in [2.24, 2.45) is 5.41 Å². The lowest BCUT2D eigenvalue weighted by Gasteiger charge is -2.33. The molecule has 0 heteroatoms. The van der Waals surface area contributed by atoms with E-state index in [0.717, 1.165) is 0 Å². The van der Waals surface area contributed by atoms with Crippen LogP contribution in [0.1, 0.15) is 59.3 Å². The molecule has 0 aromatic carbocycles. The first-order chi connectivity index (χ1) is 6.59. The number of rotatable bonds is 1. The molecule has 2 rings (SSSR count). The van der Waals surface area contributed by atoms with Gasteiger partial charge in [0.15, 0.2) is 0 Å². The van der Waals surface area contributed by atoms with Gasteiger partial charge in [0, 0.05) is 0 Å². The van der Waals surface area contributed by atoms with Crippen molar-refractivity contribution < 1.29 is 0 Å². The van der Waals surface area contributed by atoms with Crippen LogP contribution in [-0.4, -0.2) is 0 Å². The van der Waals surface area contributed by atoms with Crippen LogP contribution in [0, 0.1) is 5.41 Å². The fourth-order valence-corrected chi connectivity index (χ4v) is 2.91. The predicted octanol–water partition coefficient (Wildman–Crippen LogP) is 4.62. The Morgan fingerprint density at radius 3 is 2.43 bits per heavy atom. The van der Waals surface area contributed by atoms with Gasteiger partial charge in [0.05, 0.1) is 0 Å². The molecule has 0 nitrogen and oxygen atoms in total. The fraction of sp³-hybridized carbons (Fsp3) is 0.714. The van der Waals surface area contributed by atoms with E-state index in [1.54, 1.807) is 11.1 Å². The monoisotopic (exact) mass is 190 g/mol. The standard InChI is InChI=1S/C14H22/c1-11(2)9-14(3)8-4-5-13(10-14)12-6-7-12/h9H,4-8,10H2,1-3H3. The third-order valence-corrected chi connectivity index (χ3v) is 3.48. The van der Waals surface area contributed by atoms with Crippen LogP contribution >= 0.6 is 0 Å². The maximum absolute atomic E-state index is 2.50. The highest BCUT2D eigenvalue weighted by Crippen LogP contribution is 2.46. The highest BCUT2D eigenvalue weighted by Gasteiger charge is 2.30. The summed E-state index contributed by atoms with van der Waals surface area (Å²) in [7, 11) is 0. The summed E-state index contributed by atoms with van der Waals surface area (Å²) < 4.78 is 0. The summed E-state index contributed by atoms with van der Waals surface area (Å²) >= 11 is 0. The molecule has 78 valence electrons. The van der Waals surface area contributed by atoms with E-state index in [0.29, 0.717) is 5.41 Å². The summed E-state index contributed by atoms with van der Waals surface area (Å²) in [6.07, 6.45) is 10.8. The Morgan fingerprint density at radius 2 is 1.86 bits per heavy atom. The minimum Gasteiger partial charge on any atom is -0.0799 e. The van der Waals surface area contributed by atoms with Gasteiger partial charge in [-0.1, -0.05) is 29.7 Å². The quantitative estimate of drug-likeness (QED) is 0.529. The van der Waals surface area contributed by atoms with Crippen LogP contribution in [0.4, 0.5) is 0 Å². The van der Waals surface area contributed by atoms with E-state index in [1.165, 1.54) is 44.1 Å². The Morgan fingerprint density at radius 1 is 1.14 bits per heavy atom. The first-order valence-electron chi connectivity index (χ1n) is 5.95. The summed E-state index contributed by atoms with van der Waals surface area (Å²) in [4.78, 5) is 0. The normalized spacial score (nSPS) is 31.6. The van der Waals surface area contributed by atoms with Crippen LogP contribution in [0.2, 0.25) is 0 Å². The molecule has 2 fully saturated rings. The minimum atomic E-state index is 0.474. The zero-order valence-corrected chi connectivity index (χ0v) is 9.82. The highest BCUT2D eigenvalue weighted by molar-refractivity contribution is 5.28. The van der Waals surface area contributed by atoms with Crippen LogP contribution < -0.4 is 0 Å². The second kappa shape index (κ2) is 3.56. The number of hydrogen-bond acceptors (Lipinski definition) is 0. The zero-order valence-electron chi connectivity index (χ0n) is 9.82. The molecule has 0 amide bonds. The van der Waals surface area contributed by atoms with Crippen molar-refractivity contribution in [2.45, 2.75) is 59.3 Å². The van der Waals surface area contributed by atoms with Gasteiger partial charge < -0.3 is 0 Å². The molecule has 2 aliphatic rings. The lowest BCUT2D eigenvalue weighted by atomic mass is 9.72. The van der Waals surface area contributed by atoms with Crippen molar-refractivity contribution in [3.8, 4) is 0 Å². The molecular formula is C14H22.